The predicted molar refractivity (Wildman–Crippen MR) is 132 cm³/mol. The van der Waals surface area contributed by atoms with Gasteiger partial charge in [0.2, 0.25) is 12.5 Å². The zero-order valence-corrected chi connectivity index (χ0v) is 21.5. The largest absolute Gasteiger partial charge is 0.492 e. The highest BCUT2D eigenvalue weighted by Crippen LogP contribution is 2.51. The second-order valence-electron chi connectivity index (χ2n) is 8.75. The Morgan fingerprint density at radius 2 is 1.84 bits per heavy atom. The lowest BCUT2D eigenvalue weighted by Crippen LogP contribution is -2.35. The van der Waals surface area contributed by atoms with Gasteiger partial charge in [-0.05, 0) is 34.0 Å². The number of likely N-dealkylation sites (N-methyl/N-ethyl adjacent to an activating group) is 1. The maximum atomic E-state index is 13.5. The summed E-state index contributed by atoms with van der Waals surface area (Å²) >= 11 is 0. The molecule has 2 aromatic carbocycles. The van der Waals surface area contributed by atoms with Crippen LogP contribution in [0, 0.1) is 0 Å². The van der Waals surface area contributed by atoms with Gasteiger partial charge in [-0.1, -0.05) is 30.3 Å². The standard InChI is InChI=1S/C26H27N5O7/c1-30-11-10-16-12-17-22(38-14-37-17)23(34-2)18(16)19(20(25(32)35-3)21(30)26(33)36-4)24-27-28-29-31(24)13-15-8-6-5-7-9-15/h5-9,12,19H,10-11,13-14H2,1-4H3/b21-20+. The van der Waals surface area contributed by atoms with Crippen molar-refractivity contribution in [3.8, 4) is 17.2 Å². The molecule has 2 aliphatic rings. The Morgan fingerprint density at radius 3 is 2.55 bits per heavy atom. The number of rotatable bonds is 6. The highest BCUT2D eigenvalue weighted by atomic mass is 16.7. The molecule has 1 aromatic heterocycles. The third kappa shape index (κ3) is 4.27. The Balaban J connectivity index is 1.84. The number of ether oxygens (including phenoxy) is 5. The monoisotopic (exact) mass is 521 g/mol. The molecule has 0 bridgehead atoms. The van der Waals surface area contributed by atoms with Gasteiger partial charge in [-0.3, -0.25) is 0 Å². The summed E-state index contributed by atoms with van der Waals surface area (Å²) in [4.78, 5) is 28.4. The zero-order valence-electron chi connectivity index (χ0n) is 21.5. The van der Waals surface area contributed by atoms with Crippen molar-refractivity contribution in [2.75, 3.05) is 41.7 Å². The molecule has 2 aliphatic heterocycles. The lowest BCUT2D eigenvalue weighted by molar-refractivity contribution is -0.141. The number of tetrazole rings is 1. The van der Waals surface area contributed by atoms with E-state index in [1.165, 1.54) is 21.3 Å². The van der Waals surface area contributed by atoms with E-state index < -0.39 is 17.9 Å². The number of methoxy groups -OCH3 is 3. The van der Waals surface area contributed by atoms with Crippen molar-refractivity contribution in [1.82, 2.24) is 25.1 Å². The van der Waals surface area contributed by atoms with Crippen molar-refractivity contribution < 1.29 is 33.3 Å². The number of aromatic nitrogens is 4. The minimum Gasteiger partial charge on any atom is -0.492 e. The molecule has 5 rings (SSSR count). The van der Waals surface area contributed by atoms with Gasteiger partial charge in [0.25, 0.3) is 0 Å². The number of hydrogen-bond acceptors (Lipinski definition) is 11. The van der Waals surface area contributed by atoms with Gasteiger partial charge >= 0.3 is 11.9 Å². The van der Waals surface area contributed by atoms with Crippen LogP contribution in [0.25, 0.3) is 0 Å². The van der Waals surface area contributed by atoms with Gasteiger partial charge in [0.1, 0.15) is 5.70 Å². The van der Waals surface area contributed by atoms with Crippen LogP contribution in [0.5, 0.6) is 17.2 Å². The Bertz CT molecular complexity index is 1400. The second-order valence-corrected chi connectivity index (χ2v) is 8.75. The maximum absolute atomic E-state index is 13.5. The van der Waals surface area contributed by atoms with Crippen LogP contribution in [0.15, 0.2) is 47.7 Å². The average molecular weight is 522 g/mol. The first kappa shape index (κ1) is 25.1. The van der Waals surface area contributed by atoms with E-state index in [0.29, 0.717) is 48.1 Å². The Labute approximate surface area is 218 Å². The molecule has 1 unspecified atom stereocenters. The molecule has 1 atom stereocenters. The highest BCUT2D eigenvalue weighted by molar-refractivity contribution is 6.02. The third-order valence-corrected chi connectivity index (χ3v) is 6.66. The van der Waals surface area contributed by atoms with Crippen molar-refractivity contribution in [2.45, 2.75) is 18.9 Å². The van der Waals surface area contributed by atoms with Crippen molar-refractivity contribution in [2.24, 2.45) is 0 Å². The number of fused-ring (bicyclic) bond motifs is 2. The molecule has 38 heavy (non-hydrogen) atoms. The van der Waals surface area contributed by atoms with Crippen LogP contribution < -0.4 is 14.2 Å². The van der Waals surface area contributed by atoms with Gasteiger partial charge in [-0.25, -0.2) is 14.3 Å². The topological polar surface area (TPSA) is 127 Å². The molecule has 198 valence electrons. The zero-order chi connectivity index (χ0) is 26.8. The quantitative estimate of drug-likeness (QED) is 0.440. The molecule has 0 saturated carbocycles. The van der Waals surface area contributed by atoms with E-state index in [1.807, 2.05) is 36.4 Å². The van der Waals surface area contributed by atoms with Gasteiger partial charge < -0.3 is 28.6 Å². The van der Waals surface area contributed by atoms with Gasteiger partial charge in [-0.2, -0.15) is 0 Å². The average Bonchev–Trinajstić information content (AvgIpc) is 3.59. The maximum Gasteiger partial charge on any atom is 0.354 e. The minimum atomic E-state index is -0.975. The lowest BCUT2D eigenvalue weighted by atomic mass is 9.82. The fraction of sp³-hybridized carbons (Fsp3) is 0.346. The number of carbonyl (C=O) groups is 2. The molecule has 0 aliphatic carbocycles. The summed E-state index contributed by atoms with van der Waals surface area (Å²) < 4.78 is 29.2. The van der Waals surface area contributed by atoms with Gasteiger partial charge in [-0.15, -0.1) is 5.10 Å². The summed E-state index contributed by atoms with van der Waals surface area (Å²) in [5.74, 6) is -0.794. The molecule has 3 aromatic rings. The second kappa shape index (κ2) is 10.4. The molecule has 12 heteroatoms. The molecule has 0 fully saturated rings. The fourth-order valence-corrected chi connectivity index (χ4v) is 4.92. The molecule has 0 spiro atoms. The minimum absolute atomic E-state index is 0.0177. The van der Waals surface area contributed by atoms with Gasteiger partial charge in [0.05, 0.1) is 39.4 Å². The normalized spacial score (nSPS) is 18.3. The predicted octanol–water partition coefficient (Wildman–Crippen LogP) is 1.68. The Morgan fingerprint density at radius 1 is 1.08 bits per heavy atom. The van der Waals surface area contributed by atoms with Crippen LogP contribution in [0.2, 0.25) is 0 Å². The van der Waals surface area contributed by atoms with E-state index >= 15 is 0 Å². The molecule has 3 heterocycles. The first-order valence-electron chi connectivity index (χ1n) is 11.9. The van der Waals surface area contributed by atoms with Crippen LogP contribution in [0.1, 0.15) is 28.4 Å². The number of carbonyl (C=O) groups excluding carboxylic acids is 2. The van der Waals surface area contributed by atoms with Crippen LogP contribution in [-0.2, 0) is 32.0 Å². The van der Waals surface area contributed by atoms with Crippen LogP contribution in [0.3, 0.4) is 0 Å². The number of hydrogen-bond donors (Lipinski definition) is 0. The summed E-state index contributed by atoms with van der Waals surface area (Å²) in [5.41, 5.74) is 2.41. The van der Waals surface area contributed by atoms with Gasteiger partial charge in [0.15, 0.2) is 17.3 Å². The van der Waals surface area contributed by atoms with E-state index in [9.17, 15) is 9.59 Å². The summed E-state index contributed by atoms with van der Waals surface area (Å²) in [6.45, 7) is 0.736. The summed E-state index contributed by atoms with van der Waals surface area (Å²) in [5, 5.41) is 12.5. The van der Waals surface area contributed by atoms with E-state index in [0.717, 1.165) is 11.1 Å². The smallest absolute Gasteiger partial charge is 0.354 e. The first-order valence-corrected chi connectivity index (χ1v) is 11.9. The number of esters is 2. The van der Waals surface area contributed by atoms with Crippen molar-refractivity contribution >= 4 is 11.9 Å². The van der Waals surface area contributed by atoms with E-state index in [4.69, 9.17) is 23.7 Å². The Hall–Kier alpha value is -4.61. The fourth-order valence-electron chi connectivity index (χ4n) is 4.92. The molecular formula is C26H27N5O7. The van der Waals surface area contributed by atoms with Crippen molar-refractivity contribution in [1.29, 1.82) is 0 Å². The number of benzene rings is 2. The summed E-state index contributed by atoms with van der Waals surface area (Å²) in [6, 6.07) is 11.5. The lowest BCUT2D eigenvalue weighted by Gasteiger charge is -2.32. The first-order chi connectivity index (χ1) is 18.5. The molecular weight excluding hydrogens is 494 g/mol. The Kier molecular flexibility index (Phi) is 6.86. The number of nitrogens with zero attached hydrogens (tertiary/aromatic N) is 5. The van der Waals surface area contributed by atoms with Gasteiger partial charge in [0, 0.05) is 19.2 Å². The van der Waals surface area contributed by atoms with Crippen molar-refractivity contribution in [3.63, 3.8) is 0 Å². The third-order valence-electron chi connectivity index (χ3n) is 6.66. The van der Waals surface area contributed by atoms with E-state index in [1.54, 1.807) is 16.6 Å². The molecule has 12 nitrogen and oxygen atoms in total. The molecule has 0 amide bonds. The van der Waals surface area contributed by atoms with Crippen LogP contribution in [0.4, 0.5) is 0 Å². The summed E-state index contributed by atoms with van der Waals surface area (Å²) in [7, 11) is 5.74. The summed E-state index contributed by atoms with van der Waals surface area (Å²) in [6.07, 6.45) is 0.491. The van der Waals surface area contributed by atoms with E-state index in [2.05, 4.69) is 15.5 Å². The SMILES string of the molecule is COC(=O)/C1=C(\C(=O)OC)N(C)CCc2cc3c(c(OC)c2C1c1nnnn1Cc1ccccc1)OCO3. The van der Waals surface area contributed by atoms with E-state index in [-0.39, 0.29) is 18.1 Å². The van der Waals surface area contributed by atoms with Crippen LogP contribution in [-0.4, -0.2) is 78.8 Å². The van der Waals surface area contributed by atoms with Crippen LogP contribution >= 0.6 is 0 Å². The van der Waals surface area contributed by atoms with Crippen molar-refractivity contribution in [3.05, 3.63) is 70.2 Å². The highest BCUT2D eigenvalue weighted by Gasteiger charge is 2.42. The molecule has 0 saturated heterocycles. The molecule has 0 radical (unpaired) electrons. The molecule has 0 N–H and O–H groups in total.